The van der Waals surface area contributed by atoms with E-state index in [1.165, 1.54) is 0 Å². The van der Waals surface area contributed by atoms with Crippen LogP contribution in [-0.2, 0) is 0 Å². The molecule has 5 heteroatoms. The van der Waals surface area contributed by atoms with Crippen LogP contribution in [0.15, 0.2) is 72.0 Å². The van der Waals surface area contributed by atoms with Gasteiger partial charge < -0.3 is 9.30 Å². The smallest absolute Gasteiger partial charge is 0.271 e. The number of benzene rings is 2. The van der Waals surface area contributed by atoms with Crippen LogP contribution in [0.1, 0.15) is 21.6 Å². The number of carbonyl (C=O) groups is 1. The van der Waals surface area contributed by atoms with Gasteiger partial charge in [-0.1, -0.05) is 18.2 Å². The number of aromatic nitrogens is 1. The van der Waals surface area contributed by atoms with Crippen molar-refractivity contribution in [2.75, 3.05) is 7.11 Å². The Bertz CT molecular complexity index is 881. The van der Waals surface area contributed by atoms with E-state index in [2.05, 4.69) is 15.1 Å². The molecule has 0 spiro atoms. The van der Waals surface area contributed by atoms with Gasteiger partial charge in [0.2, 0.25) is 0 Å². The summed E-state index contributed by atoms with van der Waals surface area (Å²) in [6, 6.07) is 18.8. The number of carbonyl (C=O) groups excluding carboxylic acids is 1. The van der Waals surface area contributed by atoms with E-state index >= 15 is 0 Å². The van der Waals surface area contributed by atoms with Gasteiger partial charge in [-0.2, -0.15) is 5.10 Å². The van der Waals surface area contributed by atoms with Gasteiger partial charge >= 0.3 is 0 Å². The van der Waals surface area contributed by atoms with E-state index in [1.807, 2.05) is 61.7 Å². The lowest BCUT2D eigenvalue weighted by molar-refractivity contribution is 0.0955. The van der Waals surface area contributed by atoms with Crippen LogP contribution < -0.4 is 10.2 Å². The fraction of sp³-hybridized carbons (Fsp3) is 0.100. The van der Waals surface area contributed by atoms with E-state index in [-0.39, 0.29) is 5.91 Å². The highest BCUT2D eigenvalue weighted by Crippen LogP contribution is 2.18. The lowest BCUT2D eigenvalue weighted by Gasteiger charge is -2.06. The summed E-state index contributed by atoms with van der Waals surface area (Å²) >= 11 is 0. The average molecular weight is 333 g/mol. The zero-order valence-corrected chi connectivity index (χ0v) is 14.1. The molecule has 0 bridgehead atoms. The van der Waals surface area contributed by atoms with Crippen molar-refractivity contribution in [2.24, 2.45) is 5.10 Å². The minimum absolute atomic E-state index is 0.233. The van der Waals surface area contributed by atoms with Crippen molar-refractivity contribution in [1.82, 2.24) is 9.99 Å². The molecule has 1 heterocycles. The highest BCUT2D eigenvalue weighted by atomic mass is 16.5. The van der Waals surface area contributed by atoms with Gasteiger partial charge in [0, 0.05) is 28.7 Å². The van der Waals surface area contributed by atoms with Gasteiger partial charge in [-0.25, -0.2) is 5.43 Å². The minimum Gasteiger partial charge on any atom is -0.497 e. The van der Waals surface area contributed by atoms with Crippen LogP contribution in [-0.4, -0.2) is 23.8 Å². The van der Waals surface area contributed by atoms with E-state index in [1.54, 1.807) is 25.5 Å². The van der Waals surface area contributed by atoms with E-state index < -0.39 is 0 Å². The SMILES string of the molecule is COc1ccc(-n2cc(/C=N\NC(=O)c3ccccc3)cc2C)cc1. The van der Waals surface area contributed by atoms with Gasteiger partial charge in [-0.3, -0.25) is 4.79 Å². The Morgan fingerprint density at radius 1 is 1.12 bits per heavy atom. The Kier molecular flexibility index (Phi) is 4.95. The summed E-state index contributed by atoms with van der Waals surface area (Å²) in [5.41, 5.74) is 6.12. The first-order valence-corrected chi connectivity index (χ1v) is 7.89. The summed E-state index contributed by atoms with van der Waals surface area (Å²) in [4.78, 5) is 11.9. The molecular formula is C20H19N3O2. The maximum atomic E-state index is 11.9. The first-order valence-electron chi connectivity index (χ1n) is 7.89. The molecular weight excluding hydrogens is 314 g/mol. The van der Waals surface area contributed by atoms with Crippen LogP contribution in [0.3, 0.4) is 0 Å². The number of hydrogen-bond acceptors (Lipinski definition) is 3. The summed E-state index contributed by atoms with van der Waals surface area (Å²) in [6.07, 6.45) is 3.60. The molecule has 0 saturated carbocycles. The van der Waals surface area contributed by atoms with Gasteiger partial charge in [0.15, 0.2) is 0 Å². The number of ether oxygens (including phenoxy) is 1. The van der Waals surface area contributed by atoms with Crippen LogP contribution >= 0.6 is 0 Å². The molecule has 3 rings (SSSR count). The molecule has 0 saturated heterocycles. The number of hydrazone groups is 1. The average Bonchev–Trinajstić information content (AvgIpc) is 3.03. The van der Waals surface area contributed by atoms with Gasteiger partial charge in [0.25, 0.3) is 5.91 Å². The quantitative estimate of drug-likeness (QED) is 0.573. The van der Waals surface area contributed by atoms with Crippen molar-refractivity contribution in [3.8, 4) is 11.4 Å². The van der Waals surface area contributed by atoms with Crippen LogP contribution in [0.25, 0.3) is 5.69 Å². The molecule has 2 aromatic carbocycles. The van der Waals surface area contributed by atoms with Gasteiger partial charge in [0.1, 0.15) is 5.75 Å². The molecule has 1 N–H and O–H groups in total. The normalized spacial score (nSPS) is 10.8. The number of aryl methyl sites for hydroxylation is 1. The molecule has 3 aromatic rings. The second-order valence-electron chi connectivity index (χ2n) is 5.55. The first-order chi connectivity index (χ1) is 12.2. The third-order valence-corrected chi connectivity index (χ3v) is 3.80. The van der Waals surface area contributed by atoms with E-state index in [0.717, 1.165) is 22.7 Å². The second kappa shape index (κ2) is 7.49. The Morgan fingerprint density at radius 2 is 1.84 bits per heavy atom. The van der Waals surface area contributed by atoms with E-state index in [0.29, 0.717) is 5.56 Å². The largest absolute Gasteiger partial charge is 0.497 e. The summed E-state index contributed by atoms with van der Waals surface area (Å²) in [7, 11) is 1.65. The summed E-state index contributed by atoms with van der Waals surface area (Å²) in [5, 5.41) is 4.04. The predicted molar refractivity (Wildman–Crippen MR) is 98.6 cm³/mol. The van der Waals surface area contributed by atoms with Crippen molar-refractivity contribution in [2.45, 2.75) is 6.92 Å². The highest BCUT2D eigenvalue weighted by molar-refractivity contribution is 5.94. The standard InChI is InChI=1S/C20H19N3O2/c1-15-12-16(13-21-22-20(24)17-6-4-3-5-7-17)14-23(15)18-8-10-19(25-2)11-9-18/h3-14H,1-2H3,(H,22,24)/b21-13-. The molecule has 0 aliphatic carbocycles. The van der Waals surface area contributed by atoms with Crippen LogP contribution in [0, 0.1) is 6.92 Å². The van der Waals surface area contributed by atoms with Gasteiger partial charge in [-0.15, -0.1) is 0 Å². The third kappa shape index (κ3) is 3.95. The number of nitrogens with zero attached hydrogens (tertiary/aromatic N) is 2. The first kappa shape index (κ1) is 16.5. The van der Waals surface area contributed by atoms with Crippen molar-refractivity contribution in [3.05, 3.63) is 83.7 Å². The van der Waals surface area contributed by atoms with Crippen LogP contribution in [0.4, 0.5) is 0 Å². The fourth-order valence-corrected chi connectivity index (χ4v) is 2.51. The molecule has 25 heavy (non-hydrogen) atoms. The maximum absolute atomic E-state index is 11.9. The van der Waals surface area contributed by atoms with Crippen LogP contribution in [0.5, 0.6) is 5.75 Å². The molecule has 1 amide bonds. The number of hydrogen-bond donors (Lipinski definition) is 1. The highest BCUT2D eigenvalue weighted by Gasteiger charge is 2.05. The Morgan fingerprint density at radius 3 is 2.52 bits per heavy atom. The van der Waals surface area contributed by atoms with Gasteiger partial charge in [-0.05, 0) is 49.4 Å². The molecule has 126 valence electrons. The lowest BCUT2D eigenvalue weighted by Crippen LogP contribution is -2.17. The lowest BCUT2D eigenvalue weighted by atomic mass is 10.2. The molecule has 0 aliphatic rings. The summed E-state index contributed by atoms with van der Waals surface area (Å²) in [5.74, 6) is 0.585. The molecule has 0 atom stereocenters. The monoisotopic (exact) mass is 333 g/mol. The molecule has 0 unspecified atom stereocenters. The third-order valence-electron chi connectivity index (χ3n) is 3.80. The maximum Gasteiger partial charge on any atom is 0.271 e. The van der Waals surface area contributed by atoms with Crippen molar-refractivity contribution in [1.29, 1.82) is 0 Å². The number of amides is 1. The molecule has 0 radical (unpaired) electrons. The molecule has 5 nitrogen and oxygen atoms in total. The van der Waals surface area contributed by atoms with Crippen molar-refractivity contribution in [3.63, 3.8) is 0 Å². The second-order valence-corrected chi connectivity index (χ2v) is 5.55. The minimum atomic E-state index is -0.233. The van der Waals surface area contributed by atoms with Crippen molar-refractivity contribution < 1.29 is 9.53 Å². The zero-order chi connectivity index (χ0) is 17.6. The van der Waals surface area contributed by atoms with E-state index in [9.17, 15) is 4.79 Å². The zero-order valence-electron chi connectivity index (χ0n) is 14.1. The topological polar surface area (TPSA) is 55.6 Å². The summed E-state index contributed by atoms with van der Waals surface area (Å²) < 4.78 is 7.24. The van der Waals surface area contributed by atoms with Gasteiger partial charge in [0.05, 0.1) is 13.3 Å². The van der Waals surface area contributed by atoms with Crippen molar-refractivity contribution >= 4 is 12.1 Å². The molecule has 0 aliphatic heterocycles. The Labute approximate surface area is 146 Å². The number of methoxy groups -OCH3 is 1. The van der Waals surface area contributed by atoms with Crippen LogP contribution in [0.2, 0.25) is 0 Å². The Balaban J connectivity index is 1.70. The fourth-order valence-electron chi connectivity index (χ4n) is 2.51. The molecule has 1 aromatic heterocycles. The Hall–Kier alpha value is -3.34. The van der Waals surface area contributed by atoms with E-state index in [4.69, 9.17) is 4.74 Å². The number of nitrogens with one attached hydrogen (secondary N) is 1. The molecule has 0 fully saturated rings. The predicted octanol–water partition coefficient (Wildman–Crippen LogP) is 3.56. The number of rotatable bonds is 5. The summed E-state index contributed by atoms with van der Waals surface area (Å²) in [6.45, 7) is 2.02.